The van der Waals surface area contributed by atoms with Gasteiger partial charge in [0.05, 0.1) is 0 Å². The van der Waals surface area contributed by atoms with Crippen molar-refractivity contribution in [2.75, 3.05) is 13.1 Å². The van der Waals surface area contributed by atoms with Crippen LogP contribution in [0.25, 0.3) is 0 Å². The second-order valence-electron chi connectivity index (χ2n) is 5.68. The summed E-state index contributed by atoms with van der Waals surface area (Å²) in [6, 6.07) is 0.532. The third-order valence-corrected chi connectivity index (χ3v) is 4.64. The first-order chi connectivity index (χ1) is 7.86. The van der Waals surface area contributed by atoms with Crippen molar-refractivity contribution in [3.05, 3.63) is 0 Å². The van der Waals surface area contributed by atoms with Crippen LogP contribution in [0.1, 0.15) is 38.5 Å². The van der Waals surface area contributed by atoms with E-state index in [1.165, 1.54) is 38.5 Å². The molecule has 3 rings (SSSR count). The predicted octanol–water partition coefficient (Wildman–Crippen LogP) is 1.29. The van der Waals surface area contributed by atoms with E-state index in [-0.39, 0.29) is 0 Å². The maximum absolute atomic E-state index is 12.0. The number of nitrogens with one attached hydrogen (secondary N) is 2. The normalized spacial score (nSPS) is 41.5. The van der Waals surface area contributed by atoms with Crippen molar-refractivity contribution in [2.24, 2.45) is 17.8 Å². The molecule has 3 nitrogen and oxygen atoms in total. The molecule has 3 atom stereocenters. The highest BCUT2D eigenvalue weighted by Crippen LogP contribution is 2.55. The molecule has 0 aromatic heterocycles. The Morgan fingerprint density at radius 2 is 1.88 bits per heavy atom. The van der Waals surface area contributed by atoms with Crippen molar-refractivity contribution in [1.29, 1.82) is 0 Å². The van der Waals surface area contributed by atoms with Crippen molar-refractivity contribution in [2.45, 2.75) is 44.6 Å². The molecule has 3 fully saturated rings. The Hall–Kier alpha value is -0.570. The zero-order valence-corrected chi connectivity index (χ0v) is 9.87. The lowest BCUT2D eigenvalue weighted by Gasteiger charge is -2.11. The van der Waals surface area contributed by atoms with Gasteiger partial charge in [0.15, 0.2) is 0 Å². The van der Waals surface area contributed by atoms with Crippen LogP contribution in [0, 0.1) is 17.8 Å². The summed E-state index contributed by atoms with van der Waals surface area (Å²) in [5, 5.41) is 6.56. The fraction of sp³-hybridized carbons (Fsp3) is 0.923. The minimum absolute atomic E-state index is 0.339. The summed E-state index contributed by atoms with van der Waals surface area (Å²) in [5.41, 5.74) is 0. The van der Waals surface area contributed by atoms with Crippen LogP contribution < -0.4 is 10.6 Å². The number of amides is 1. The third kappa shape index (κ3) is 1.97. The average Bonchev–Trinajstić information content (AvgIpc) is 2.80. The summed E-state index contributed by atoms with van der Waals surface area (Å²) in [7, 11) is 0. The number of carbonyl (C=O) groups excluding carboxylic acids is 1. The summed E-state index contributed by atoms with van der Waals surface area (Å²) < 4.78 is 0. The lowest BCUT2D eigenvalue weighted by Crippen LogP contribution is -2.38. The van der Waals surface area contributed by atoms with Gasteiger partial charge in [0.25, 0.3) is 0 Å². The Balaban J connectivity index is 1.43. The van der Waals surface area contributed by atoms with Gasteiger partial charge < -0.3 is 10.6 Å². The van der Waals surface area contributed by atoms with Gasteiger partial charge in [0.1, 0.15) is 0 Å². The molecular weight excluding hydrogens is 200 g/mol. The molecule has 0 spiro atoms. The Morgan fingerprint density at radius 3 is 2.50 bits per heavy atom. The van der Waals surface area contributed by atoms with Crippen LogP contribution in [-0.4, -0.2) is 25.0 Å². The van der Waals surface area contributed by atoms with Crippen molar-refractivity contribution in [3.8, 4) is 0 Å². The molecule has 90 valence electrons. The molecule has 0 radical (unpaired) electrons. The van der Waals surface area contributed by atoms with Crippen LogP contribution in [0.4, 0.5) is 0 Å². The van der Waals surface area contributed by atoms with E-state index in [0.29, 0.717) is 17.9 Å². The molecule has 1 heterocycles. The van der Waals surface area contributed by atoms with Gasteiger partial charge >= 0.3 is 0 Å². The van der Waals surface area contributed by atoms with Gasteiger partial charge in [-0.1, -0.05) is 12.8 Å². The van der Waals surface area contributed by atoms with Crippen LogP contribution in [0.15, 0.2) is 0 Å². The van der Waals surface area contributed by atoms with Crippen molar-refractivity contribution in [1.82, 2.24) is 10.6 Å². The van der Waals surface area contributed by atoms with Crippen LogP contribution in [-0.2, 0) is 4.79 Å². The molecule has 3 unspecified atom stereocenters. The van der Waals surface area contributed by atoms with E-state index in [1.807, 2.05) is 0 Å². The van der Waals surface area contributed by atoms with Crippen molar-refractivity contribution < 1.29 is 4.79 Å². The quantitative estimate of drug-likeness (QED) is 0.755. The zero-order valence-electron chi connectivity index (χ0n) is 9.87. The Morgan fingerprint density at radius 1 is 1.12 bits per heavy atom. The summed E-state index contributed by atoms with van der Waals surface area (Å²) in [6.45, 7) is 1.96. The van der Waals surface area contributed by atoms with E-state index in [4.69, 9.17) is 0 Å². The lowest BCUT2D eigenvalue weighted by molar-refractivity contribution is -0.122. The molecule has 16 heavy (non-hydrogen) atoms. The number of carbonyl (C=O) groups is 1. The summed E-state index contributed by atoms with van der Waals surface area (Å²) in [4.78, 5) is 12.0. The van der Waals surface area contributed by atoms with Crippen LogP contribution >= 0.6 is 0 Å². The molecule has 2 N–H and O–H groups in total. The van der Waals surface area contributed by atoms with Crippen LogP contribution in [0.3, 0.4) is 0 Å². The second-order valence-corrected chi connectivity index (χ2v) is 5.68. The highest BCUT2D eigenvalue weighted by atomic mass is 16.2. The largest absolute Gasteiger partial charge is 0.354 e. The first-order valence-corrected chi connectivity index (χ1v) is 6.87. The van der Waals surface area contributed by atoms with Gasteiger partial charge in [-0.3, -0.25) is 4.79 Å². The third-order valence-electron chi connectivity index (χ3n) is 4.64. The first kappa shape index (κ1) is 10.6. The maximum Gasteiger partial charge on any atom is 0.223 e. The SMILES string of the molecule is O=C(NCC1CCCN1)C1C2CCCCC21. The molecule has 0 aromatic carbocycles. The lowest BCUT2D eigenvalue weighted by atomic mass is 10.0. The molecule has 0 aromatic rings. The zero-order chi connectivity index (χ0) is 11.0. The van der Waals surface area contributed by atoms with E-state index < -0.39 is 0 Å². The van der Waals surface area contributed by atoms with Crippen molar-refractivity contribution in [3.63, 3.8) is 0 Å². The minimum Gasteiger partial charge on any atom is -0.354 e. The molecule has 3 heteroatoms. The Bertz CT molecular complexity index is 261. The molecule has 1 amide bonds. The topological polar surface area (TPSA) is 41.1 Å². The molecule has 3 aliphatic rings. The molecule has 0 bridgehead atoms. The monoisotopic (exact) mass is 222 g/mol. The Labute approximate surface area is 97.4 Å². The molecule has 1 saturated heterocycles. The van der Waals surface area contributed by atoms with Crippen LogP contribution in [0.2, 0.25) is 0 Å². The highest BCUT2D eigenvalue weighted by molar-refractivity contribution is 5.82. The standard InChI is InChI=1S/C13H22N2O/c16-13(15-8-9-4-3-7-14-9)12-10-5-1-2-6-11(10)12/h9-12,14H,1-8H2,(H,15,16). The first-order valence-electron chi connectivity index (χ1n) is 6.87. The molecule has 2 saturated carbocycles. The number of rotatable bonds is 3. The summed E-state index contributed by atoms with van der Waals surface area (Å²) >= 11 is 0. The van der Waals surface area contributed by atoms with Crippen molar-refractivity contribution >= 4 is 5.91 Å². The average molecular weight is 222 g/mol. The van der Waals surface area contributed by atoms with E-state index >= 15 is 0 Å². The number of fused-ring (bicyclic) bond motifs is 1. The van der Waals surface area contributed by atoms with Gasteiger partial charge in [-0.15, -0.1) is 0 Å². The van der Waals surface area contributed by atoms with Gasteiger partial charge in [0.2, 0.25) is 5.91 Å². The highest BCUT2D eigenvalue weighted by Gasteiger charge is 2.54. The van der Waals surface area contributed by atoms with Gasteiger partial charge in [-0.2, -0.15) is 0 Å². The Kier molecular flexibility index (Phi) is 2.88. The minimum atomic E-state index is 0.339. The molecular formula is C13H22N2O. The van der Waals surface area contributed by atoms with Crippen LogP contribution in [0.5, 0.6) is 0 Å². The summed E-state index contributed by atoms with van der Waals surface area (Å²) in [5.74, 6) is 2.20. The van der Waals surface area contributed by atoms with E-state index in [2.05, 4.69) is 10.6 Å². The van der Waals surface area contributed by atoms with Gasteiger partial charge in [-0.05, 0) is 44.1 Å². The smallest absolute Gasteiger partial charge is 0.223 e. The fourth-order valence-corrected chi connectivity index (χ4v) is 3.65. The second kappa shape index (κ2) is 4.36. The van der Waals surface area contributed by atoms with E-state index in [9.17, 15) is 4.79 Å². The predicted molar refractivity (Wildman–Crippen MR) is 63.0 cm³/mol. The van der Waals surface area contributed by atoms with Gasteiger partial charge in [0, 0.05) is 18.5 Å². The number of hydrogen-bond donors (Lipinski definition) is 2. The summed E-state index contributed by atoms with van der Waals surface area (Å²) in [6.07, 6.45) is 7.76. The fourth-order valence-electron chi connectivity index (χ4n) is 3.65. The van der Waals surface area contributed by atoms with E-state index in [0.717, 1.165) is 24.9 Å². The van der Waals surface area contributed by atoms with Gasteiger partial charge in [-0.25, -0.2) is 0 Å². The maximum atomic E-state index is 12.0. The number of hydrogen-bond acceptors (Lipinski definition) is 2. The van der Waals surface area contributed by atoms with E-state index in [1.54, 1.807) is 0 Å². The molecule has 2 aliphatic carbocycles. The molecule has 1 aliphatic heterocycles.